The average molecular weight is 676 g/mol. The van der Waals surface area contributed by atoms with Crippen LogP contribution in [-0.4, -0.2) is 79.7 Å². The van der Waals surface area contributed by atoms with Crippen molar-refractivity contribution >= 4 is 34.5 Å². The second-order valence-electron chi connectivity index (χ2n) is 13.6. The predicted octanol–water partition coefficient (Wildman–Crippen LogP) is 3.95. The number of anilines is 1. The number of aromatic hydroxyl groups is 1. The van der Waals surface area contributed by atoms with Crippen LogP contribution in [0, 0.1) is 11.8 Å². The lowest BCUT2D eigenvalue weighted by Crippen LogP contribution is -2.70. The number of nitrogens with one attached hydrogen (secondary N) is 1. The standard InChI is InChI=1S/C39H37N3O8/c1-18-24-15-16-25(41-23-14-13-22(17-23)21-11-9-20(10-12-21)19-7-5-4-6-8-19)32(43)27(24)33(44)28-26(18)34(45)30-31(42(2)3)35(46)29(38(40)49)37(48)39(30,50)36(28)47/h4-13,15-18,26,30-31,34,41,43-45,48,50H,14H2,1-3H3,(H2,40,49)/t18-,26+,30+,31-,34-,39-/m0/s1. The number of carbonyl (C=O) groups is 3. The number of nitrogens with zero attached hydrogens (tertiary/aromatic N) is 1. The maximum atomic E-state index is 14.3. The lowest BCUT2D eigenvalue weighted by molar-refractivity contribution is -0.169. The number of hydrogen-bond acceptors (Lipinski definition) is 10. The molecule has 256 valence electrons. The first-order valence-electron chi connectivity index (χ1n) is 16.3. The van der Waals surface area contributed by atoms with Crippen LogP contribution in [0.15, 0.2) is 101 Å². The molecule has 11 heteroatoms. The third-order valence-corrected chi connectivity index (χ3v) is 10.6. The number of likely N-dealkylation sites (N-methyl/N-ethyl adjacent to an activating group) is 1. The molecule has 0 unspecified atom stereocenters. The molecular weight excluding hydrogens is 638 g/mol. The summed E-state index contributed by atoms with van der Waals surface area (Å²) in [6, 6.07) is 20.2. The number of amides is 1. The maximum absolute atomic E-state index is 14.3. The molecule has 6 atom stereocenters. The maximum Gasteiger partial charge on any atom is 0.255 e. The van der Waals surface area contributed by atoms with Crippen LogP contribution >= 0.6 is 0 Å². The largest absolute Gasteiger partial charge is 0.508 e. The molecule has 0 spiro atoms. The van der Waals surface area contributed by atoms with Crippen molar-refractivity contribution < 1.29 is 39.9 Å². The zero-order chi connectivity index (χ0) is 35.8. The fourth-order valence-electron chi connectivity index (χ4n) is 8.19. The number of rotatable bonds is 6. The van der Waals surface area contributed by atoms with Crippen LogP contribution in [0.25, 0.3) is 22.5 Å². The molecule has 0 aromatic heterocycles. The van der Waals surface area contributed by atoms with E-state index < -0.39 is 75.6 Å². The van der Waals surface area contributed by atoms with Gasteiger partial charge in [0, 0.05) is 23.6 Å². The second kappa shape index (κ2) is 11.8. The smallest absolute Gasteiger partial charge is 0.255 e. The number of benzene rings is 3. The van der Waals surface area contributed by atoms with Gasteiger partial charge in [-0.05, 0) is 60.0 Å². The van der Waals surface area contributed by atoms with Crippen LogP contribution < -0.4 is 11.1 Å². The van der Waals surface area contributed by atoms with E-state index in [0.29, 0.717) is 12.0 Å². The summed E-state index contributed by atoms with van der Waals surface area (Å²) in [5, 5.41) is 61.3. The monoisotopic (exact) mass is 675 g/mol. The number of phenols is 1. The Labute approximate surface area is 288 Å². The van der Waals surface area contributed by atoms with Gasteiger partial charge in [0.15, 0.2) is 11.4 Å². The van der Waals surface area contributed by atoms with Crippen molar-refractivity contribution in [2.45, 2.75) is 37.0 Å². The van der Waals surface area contributed by atoms with Gasteiger partial charge in [-0.3, -0.25) is 19.3 Å². The molecule has 4 aliphatic carbocycles. The number of Topliss-reactive ketones (excluding diaryl/α,β-unsaturated/α-hetero) is 2. The molecule has 8 N–H and O–H groups in total. The van der Waals surface area contributed by atoms with Gasteiger partial charge in [-0.2, -0.15) is 0 Å². The van der Waals surface area contributed by atoms with Crippen molar-refractivity contribution in [3.63, 3.8) is 0 Å². The molecule has 0 bridgehead atoms. The normalized spacial score (nSPS) is 27.4. The molecule has 0 radical (unpaired) electrons. The minimum Gasteiger partial charge on any atom is -0.508 e. The van der Waals surface area contributed by atoms with Gasteiger partial charge in [0.25, 0.3) is 5.91 Å². The Kier molecular flexibility index (Phi) is 7.82. The van der Waals surface area contributed by atoms with E-state index in [2.05, 4.69) is 35.7 Å². The van der Waals surface area contributed by atoms with Gasteiger partial charge in [-0.1, -0.05) is 73.7 Å². The Balaban J connectivity index is 1.24. The number of nitrogens with two attached hydrogens (primary N) is 1. The van der Waals surface area contributed by atoms with E-state index in [-0.39, 0.29) is 17.0 Å². The van der Waals surface area contributed by atoms with Crippen molar-refractivity contribution in [2.75, 3.05) is 19.4 Å². The number of aliphatic hydroxyl groups excluding tert-OH is 3. The molecular formula is C39H37N3O8. The number of fused-ring (bicyclic) bond motifs is 3. The Morgan fingerprint density at radius 2 is 1.58 bits per heavy atom. The van der Waals surface area contributed by atoms with Gasteiger partial charge in [-0.25, -0.2) is 0 Å². The highest BCUT2D eigenvalue weighted by molar-refractivity contribution is 6.24. The van der Waals surface area contributed by atoms with Crippen LogP contribution in [0.5, 0.6) is 5.75 Å². The molecule has 0 aliphatic heterocycles. The van der Waals surface area contributed by atoms with E-state index >= 15 is 0 Å². The first-order chi connectivity index (χ1) is 23.8. The first kappa shape index (κ1) is 33.0. The Morgan fingerprint density at radius 3 is 2.22 bits per heavy atom. The Bertz CT molecular complexity index is 2100. The number of ketones is 2. The lowest BCUT2D eigenvalue weighted by atomic mass is 9.54. The number of primary amides is 1. The van der Waals surface area contributed by atoms with Crippen molar-refractivity contribution in [1.82, 2.24) is 4.90 Å². The topological polar surface area (TPSA) is 194 Å². The van der Waals surface area contributed by atoms with E-state index in [1.165, 1.54) is 19.0 Å². The molecule has 7 rings (SSSR count). The highest BCUT2D eigenvalue weighted by Gasteiger charge is 2.68. The summed E-state index contributed by atoms with van der Waals surface area (Å²) in [7, 11) is 2.94. The molecule has 11 nitrogen and oxygen atoms in total. The van der Waals surface area contributed by atoms with Crippen LogP contribution in [-0.2, 0) is 14.4 Å². The molecule has 3 aromatic rings. The fraction of sp³-hybridized carbons (Fsp3) is 0.256. The summed E-state index contributed by atoms with van der Waals surface area (Å²) in [6.07, 6.45) is 2.90. The van der Waals surface area contributed by atoms with Gasteiger partial charge in [0.05, 0.1) is 29.3 Å². The lowest BCUT2D eigenvalue weighted by Gasteiger charge is -2.53. The highest BCUT2D eigenvalue weighted by atomic mass is 16.4. The van der Waals surface area contributed by atoms with Crippen LogP contribution in [0.1, 0.15) is 36.0 Å². The summed E-state index contributed by atoms with van der Waals surface area (Å²) < 4.78 is 0. The number of hydrogen-bond donors (Lipinski definition) is 7. The minimum atomic E-state index is -2.97. The highest BCUT2D eigenvalue weighted by Crippen LogP contribution is 2.56. The summed E-state index contributed by atoms with van der Waals surface area (Å²) in [4.78, 5) is 41.2. The summed E-state index contributed by atoms with van der Waals surface area (Å²) in [5.41, 5.74) is 6.63. The molecule has 0 heterocycles. The molecule has 1 amide bonds. The zero-order valence-electron chi connectivity index (χ0n) is 27.6. The summed E-state index contributed by atoms with van der Waals surface area (Å²) >= 11 is 0. The number of phenolic OH excluding ortho intramolecular Hbond substituents is 1. The van der Waals surface area contributed by atoms with E-state index in [1.807, 2.05) is 36.4 Å². The van der Waals surface area contributed by atoms with Crippen LogP contribution in [0.4, 0.5) is 5.69 Å². The quantitative estimate of drug-likeness (QED) is 0.149. The molecule has 1 saturated carbocycles. The van der Waals surface area contributed by atoms with Crippen molar-refractivity contribution in [3.8, 4) is 16.9 Å². The predicted molar refractivity (Wildman–Crippen MR) is 187 cm³/mol. The minimum absolute atomic E-state index is 0.0748. The summed E-state index contributed by atoms with van der Waals surface area (Å²) in [5.74, 6) is -9.26. The average Bonchev–Trinajstić information content (AvgIpc) is 3.56. The fourth-order valence-corrected chi connectivity index (χ4v) is 8.19. The van der Waals surface area contributed by atoms with Crippen molar-refractivity contribution in [2.24, 2.45) is 17.6 Å². The molecule has 4 aliphatic rings. The van der Waals surface area contributed by atoms with Crippen molar-refractivity contribution in [3.05, 3.63) is 118 Å². The van der Waals surface area contributed by atoms with E-state index in [1.54, 1.807) is 19.1 Å². The van der Waals surface area contributed by atoms with E-state index in [4.69, 9.17) is 5.73 Å². The second-order valence-corrected chi connectivity index (χ2v) is 13.6. The summed E-state index contributed by atoms with van der Waals surface area (Å²) in [6.45, 7) is 1.70. The molecule has 0 saturated heterocycles. The first-order valence-corrected chi connectivity index (χ1v) is 16.3. The zero-order valence-corrected chi connectivity index (χ0v) is 27.6. The number of carbonyl (C=O) groups excluding carboxylic acids is 3. The third kappa shape index (κ3) is 4.72. The number of allylic oxidation sites excluding steroid dienone is 3. The van der Waals surface area contributed by atoms with Gasteiger partial charge < -0.3 is 36.6 Å². The Morgan fingerprint density at radius 1 is 0.940 bits per heavy atom. The number of aliphatic hydroxyl groups is 4. The molecule has 3 aromatic carbocycles. The molecule has 1 fully saturated rings. The van der Waals surface area contributed by atoms with Gasteiger partial charge in [-0.15, -0.1) is 0 Å². The van der Waals surface area contributed by atoms with Crippen LogP contribution in [0.3, 0.4) is 0 Å². The van der Waals surface area contributed by atoms with Gasteiger partial charge in [0.1, 0.15) is 22.8 Å². The molecule has 50 heavy (non-hydrogen) atoms. The van der Waals surface area contributed by atoms with Crippen molar-refractivity contribution in [1.29, 1.82) is 0 Å². The Hall–Kier alpha value is -5.49. The van der Waals surface area contributed by atoms with Gasteiger partial charge in [0.2, 0.25) is 5.78 Å². The van der Waals surface area contributed by atoms with E-state index in [9.17, 15) is 39.9 Å². The van der Waals surface area contributed by atoms with Gasteiger partial charge >= 0.3 is 0 Å². The third-order valence-electron chi connectivity index (χ3n) is 10.6. The van der Waals surface area contributed by atoms with E-state index in [0.717, 1.165) is 28.0 Å². The SMILES string of the molecule is C[C@H]1c2ccc(NC3=CC(c4ccc(-c5ccccc5)cc4)=CC3)c(O)c2C(O)=C2C(=O)[C@]3(O)C(O)=C(C(N)=O)C(=O)[C@@H](N(C)C)[C@@H]3[C@@H](O)[C@@H]21. The van der Waals surface area contributed by atoms with Crippen LogP contribution in [0.2, 0.25) is 0 Å².